The van der Waals surface area contributed by atoms with Gasteiger partial charge in [0.05, 0.1) is 5.39 Å². The monoisotopic (exact) mass is 336 g/mol. The van der Waals surface area contributed by atoms with Crippen LogP contribution < -0.4 is 10.3 Å². The van der Waals surface area contributed by atoms with Gasteiger partial charge in [-0.2, -0.15) is 5.10 Å². The summed E-state index contributed by atoms with van der Waals surface area (Å²) in [6.07, 6.45) is 0. The Balaban J connectivity index is 2.06. The second kappa shape index (κ2) is 6.51. The van der Waals surface area contributed by atoms with E-state index in [4.69, 9.17) is 4.74 Å². The third-order valence-corrected chi connectivity index (χ3v) is 4.23. The molecule has 128 valence electrons. The molecule has 0 fully saturated rings. The SMILES string of the molecule is Cc1ccc(C(C)C)cc1OC(=O)c1nn(C)c(=O)c2ccccc12. The first-order chi connectivity index (χ1) is 11.9. The highest BCUT2D eigenvalue weighted by atomic mass is 16.5. The van der Waals surface area contributed by atoms with Crippen LogP contribution in [0.1, 0.15) is 41.4 Å². The van der Waals surface area contributed by atoms with E-state index in [-0.39, 0.29) is 11.3 Å². The van der Waals surface area contributed by atoms with Gasteiger partial charge in [-0.3, -0.25) is 4.79 Å². The minimum Gasteiger partial charge on any atom is -0.421 e. The predicted octanol–water partition coefficient (Wildman–Crippen LogP) is 3.58. The molecule has 0 atom stereocenters. The van der Waals surface area contributed by atoms with E-state index in [1.54, 1.807) is 24.3 Å². The summed E-state index contributed by atoms with van der Waals surface area (Å²) in [4.78, 5) is 24.9. The summed E-state index contributed by atoms with van der Waals surface area (Å²) in [5.41, 5.74) is 1.84. The number of aryl methyl sites for hydroxylation is 2. The van der Waals surface area contributed by atoms with Crippen molar-refractivity contribution in [1.82, 2.24) is 9.78 Å². The highest BCUT2D eigenvalue weighted by Gasteiger charge is 2.18. The van der Waals surface area contributed by atoms with E-state index in [0.29, 0.717) is 22.4 Å². The van der Waals surface area contributed by atoms with Crippen LogP contribution >= 0.6 is 0 Å². The van der Waals surface area contributed by atoms with Crippen molar-refractivity contribution in [2.75, 3.05) is 0 Å². The first kappa shape index (κ1) is 16.9. The quantitative estimate of drug-likeness (QED) is 0.542. The summed E-state index contributed by atoms with van der Waals surface area (Å²) in [6.45, 7) is 6.05. The molecule has 25 heavy (non-hydrogen) atoms. The molecule has 5 nitrogen and oxygen atoms in total. The van der Waals surface area contributed by atoms with Gasteiger partial charge < -0.3 is 4.74 Å². The van der Waals surface area contributed by atoms with Crippen LogP contribution in [-0.4, -0.2) is 15.7 Å². The van der Waals surface area contributed by atoms with Crippen molar-refractivity contribution in [3.8, 4) is 5.75 Å². The molecule has 0 aliphatic heterocycles. The number of rotatable bonds is 3. The Hall–Kier alpha value is -2.95. The highest BCUT2D eigenvalue weighted by molar-refractivity contribution is 6.02. The van der Waals surface area contributed by atoms with Crippen molar-refractivity contribution in [2.45, 2.75) is 26.7 Å². The van der Waals surface area contributed by atoms with Gasteiger partial charge in [-0.15, -0.1) is 0 Å². The fraction of sp³-hybridized carbons (Fsp3) is 0.250. The minimum atomic E-state index is -0.573. The number of carbonyl (C=O) groups is 1. The normalized spacial score (nSPS) is 11.1. The average Bonchev–Trinajstić information content (AvgIpc) is 2.59. The molecular formula is C20H20N2O3. The molecule has 1 aromatic heterocycles. The number of hydrogen-bond acceptors (Lipinski definition) is 4. The summed E-state index contributed by atoms with van der Waals surface area (Å²) in [6, 6.07) is 12.8. The van der Waals surface area contributed by atoms with E-state index in [0.717, 1.165) is 15.8 Å². The molecule has 0 unspecified atom stereocenters. The largest absolute Gasteiger partial charge is 0.421 e. The maximum absolute atomic E-state index is 12.7. The molecule has 0 aliphatic carbocycles. The van der Waals surface area contributed by atoms with Crippen LogP contribution in [0.3, 0.4) is 0 Å². The van der Waals surface area contributed by atoms with Crippen molar-refractivity contribution in [1.29, 1.82) is 0 Å². The molecule has 0 bridgehead atoms. The van der Waals surface area contributed by atoms with Gasteiger partial charge in [-0.05, 0) is 36.1 Å². The molecule has 3 aromatic rings. The maximum atomic E-state index is 12.7. The molecule has 2 aromatic carbocycles. The van der Waals surface area contributed by atoms with Gasteiger partial charge in [0.2, 0.25) is 0 Å². The Morgan fingerprint density at radius 2 is 1.80 bits per heavy atom. The summed E-state index contributed by atoms with van der Waals surface area (Å²) in [5, 5.41) is 5.05. The number of aromatic nitrogens is 2. The minimum absolute atomic E-state index is 0.132. The van der Waals surface area contributed by atoms with Crippen LogP contribution in [0.25, 0.3) is 10.8 Å². The van der Waals surface area contributed by atoms with E-state index in [2.05, 4.69) is 18.9 Å². The van der Waals surface area contributed by atoms with Crippen LogP contribution in [0.15, 0.2) is 47.3 Å². The van der Waals surface area contributed by atoms with Crippen molar-refractivity contribution >= 4 is 16.7 Å². The van der Waals surface area contributed by atoms with E-state index < -0.39 is 5.97 Å². The van der Waals surface area contributed by atoms with E-state index in [1.165, 1.54) is 7.05 Å². The predicted molar refractivity (Wildman–Crippen MR) is 97.2 cm³/mol. The Bertz CT molecular complexity index is 1020. The summed E-state index contributed by atoms with van der Waals surface area (Å²) < 4.78 is 6.77. The summed E-state index contributed by atoms with van der Waals surface area (Å²) in [7, 11) is 1.52. The summed E-state index contributed by atoms with van der Waals surface area (Å²) in [5.74, 6) is 0.265. The molecule has 0 amide bonds. The van der Waals surface area contributed by atoms with Gasteiger partial charge in [0.25, 0.3) is 5.56 Å². The van der Waals surface area contributed by atoms with Crippen LogP contribution in [0.5, 0.6) is 5.75 Å². The van der Waals surface area contributed by atoms with Crippen LogP contribution in [0.4, 0.5) is 0 Å². The third-order valence-electron chi connectivity index (χ3n) is 4.23. The van der Waals surface area contributed by atoms with E-state index in [9.17, 15) is 9.59 Å². The number of carbonyl (C=O) groups excluding carboxylic acids is 1. The van der Waals surface area contributed by atoms with Crippen molar-refractivity contribution in [3.05, 3.63) is 69.6 Å². The first-order valence-electron chi connectivity index (χ1n) is 8.17. The second-order valence-corrected chi connectivity index (χ2v) is 6.39. The lowest BCUT2D eigenvalue weighted by Crippen LogP contribution is -2.24. The molecule has 3 rings (SSSR count). The van der Waals surface area contributed by atoms with Crippen molar-refractivity contribution in [3.63, 3.8) is 0 Å². The number of benzene rings is 2. The van der Waals surface area contributed by atoms with E-state index in [1.807, 2.05) is 25.1 Å². The number of hydrogen-bond donors (Lipinski definition) is 0. The standard InChI is InChI=1S/C20H20N2O3/c1-12(2)14-10-9-13(3)17(11-14)25-20(24)18-15-7-5-6-8-16(15)19(23)22(4)21-18/h5-12H,1-4H3. The van der Waals surface area contributed by atoms with Gasteiger partial charge in [0.1, 0.15) is 5.75 Å². The zero-order valence-corrected chi connectivity index (χ0v) is 14.7. The Labute approximate surface area is 145 Å². The van der Waals surface area contributed by atoms with E-state index >= 15 is 0 Å². The third kappa shape index (κ3) is 3.18. The maximum Gasteiger partial charge on any atom is 0.364 e. The lowest BCUT2D eigenvalue weighted by molar-refractivity contribution is 0.0727. The number of nitrogens with zero attached hydrogens (tertiary/aromatic N) is 2. The van der Waals surface area contributed by atoms with Gasteiger partial charge in [0, 0.05) is 12.4 Å². The molecule has 0 aliphatic rings. The first-order valence-corrected chi connectivity index (χ1v) is 8.17. The Kier molecular flexibility index (Phi) is 4.40. The fourth-order valence-corrected chi connectivity index (χ4v) is 2.68. The Morgan fingerprint density at radius 3 is 2.48 bits per heavy atom. The average molecular weight is 336 g/mol. The van der Waals surface area contributed by atoms with Crippen LogP contribution in [0, 0.1) is 6.92 Å². The lowest BCUT2D eigenvalue weighted by atomic mass is 10.0. The Morgan fingerprint density at radius 1 is 1.12 bits per heavy atom. The molecule has 1 heterocycles. The number of ether oxygens (including phenoxy) is 1. The molecular weight excluding hydrogens is 316 g/mol. The molecule has 0 N–H and O–H groups in total. The van der Waals surface area contributed by atoms with Crippen LogP contribution in [-0.2, 0) is 7.05 Å². The second-order valence-electron chi connectivity index (χ2n) is 6.39. The molecule has 0 spiro atoms. The fourth-order valence-electron chi connectivity index (χ4n) is 2.68. The summed E-state index contributed by atoms with van der Waals surface area (Å²) >= 11 is 0. The highest BCUT2D eigenvalue weighted by Crippen LogP contribution is 2.25. The lowest BCUT2D eigenvalue weighted by Gasteiger charge is -2.12. The van der Waals surface area contributed by atoms with Crippen LogP contribution in [0.2, 0.25) is 0 Å². The van der Waals surface area contributed by atoms with Gasteiger partial charge in [0.15, 0.2) is 5.69 Å². The smallest absolute Gasteiger partial charge is 0.364 e. The van der Waals surface area contributed by atoms with Crippen molar-refractivity contribution < 1.29 is 9.53 Å². The number of fused-ring (bicyclic) bond motifs is 1. The molecule has 0 saturated heterocycles. The zero-order valence-electron chi connectivity index (χ0n) is 14.7. The van der Waals surface area contributed by atoms with Gasteiger partial charge in [-0.1, -0.05) is 44.2 Å². The zero-order chi connectivity index (χ0) is 18.1. The topological polar surface area (TPSA) is 61.2 Å². The molecule has 5 heteroatoms. The molecule has 0 radical (unpaired) electrons. The van der Waals surface area contributed by atoms with Gasteiger partial charge >= 0.3 is 5.97 Å². The molecule has 0 saturated carbocycles. The number of esters is 1. The van der Waals surface area contributed by atoms with Crippen molar-refractivity contribution in [2.24, 2.45) is 7.05 Å². The van der Waals surface area contributed by atoms with Gasteiger partial charge in [-0.25, -0.2) is 9.48 Å².